The van der Waals surface area contributed by atoms with E-state index in [1.807, 2.05) is 12.2 Å². The van der Waals surface area contributed by atoms with Gasteiger partial charge < -0.3 is 0 Å². The van der Waals surface area contributed by atoms with Gasteiger partial charge in [0.15, 0.2) is 0 Å². The summed E-state index contributed by atoms with van der Waals surface area (Å²) in [6.45, 7) is 10.6. The van der Waals surface area contributed by atoms with E-state index >= 15 is 0 Å². The van der Waals surface area contributed by atoms with Gasteiger partial charge in [0.2, 0.25) is 0 Å². The van der Waals surface area contributed by atoms with Crippen LogP contribution in [0.3, 0.4) is 0 Å². The van der Waals surface area contributed by atoms with Gasteiger partial charge in [0.25, 0.3) is 0 Å². The van der Waals surface area contributed by atoms with Crippen molar-refractivity contribution in [1.82, 2.24) is 0 Å². The Kier molecular flexibility index (Phi) is 25.9. The van der Waals surface area contributed by atoms with Crippen LogP contribution >= 0.6 is 34.1 Å². The third-order valence-electron chi connectivity index (χ3n) is 0.586. The average molecular weight is 318 g/mol. The van der Waals surface area contributed by atoms with Crippen molar-refractivity contribution in [2.45, 2.75) is 46.2 Å². The van der Waals surface area contributed by atoms with Crippen LogP contribution in [0, 0.1) is 6.08 Å². The molecule has 0 aliphatic heterocycles. The molecule has 0 nitrogen and oxygen atoms in total. The Morgan fingerprint density at radius 2 is 1.56 bits per heavy atom. The summed E-state index contributed by atoms with van der Waals surface area (Å²) in [6.07, 6.45) is 10.0. The topological polar surface area (TPSA) is 0 Å². The largest absolute Gasteiger partial charge is 0.273 e. The molecule has 0 amide bonds. The predicted octanol–water partition coefficient (Wildman–Crippen LogP) is 4.55. The van der Waals surface area contributed by atoms with Gasteiger partial charge in [-0.25, -0.2) is 12.2 Å². The van der Waals surface area contributed by atoms with Crippen LogP contribution in [0.2, 0.25) is 0 Å². The van der Waals surface area contributed by atoms with E-state index in [1.54, 1.807) is 0 Å². The third-order valence-corrected chi connectivity index (χ3v) is 0.586. The summed E-state index contributed by atoms with van der Waals surface area (Å²) in [6, 6.07) is 0. The van der Waals surface area contributed by atoms with Crippen molar-refractivity contribution in [2.24, 2.45) is 0 Å². The van der Waals surface area contributed by atoms with Crippen LogP contribution in [0.4, 0.5) is 0 Å². The van der Waals surface area contributed by atoms with E-state index < -0.39 is 0 Å². The zero-order valence-electron chi connectivity index (χ0n) is 10.8. The number of hydrogen-bond acceptors (Lipinski definition) is 0. The molecule has 0 bridgehead atoms. The average Bonchev–Trinajstić information content (AvgIpc) is 2.32. The van der Waals surface area contributed by atoms with Crippen LogP contribution in [0.15, 0.2) is 18.2 Å². The first kappa shape index (κ1) is 25.8. The molecule has 95 valence electrons. The minimum atomic E-state index is 0. The number of hydrogen-bond donors (Lipinski definition) is 0. The molecule has 16 heavy (non-hydrogen) atoms. The van der Waals surface area contributed by atoms with Crippen molar-refractivity contribution in [2.75, 3.05) is 0 Å². The third kappa shape index (κ3) is 80.9. The van der Waals surface area contributed by atoms with Crippen molar-refractivity contribution in [3.05, 3.63) is 24.3 Å². The molecule has 0 saturated carbocycles. The first-order valence-electron chi connectivity index (χ1n) is 4.76. The fourth-order valence-electron chi connectivity index (χ4n) is 0.340. The molecule has 0 aromatic rings. The minimum absolute atomic E-state index is 0. The van der Waals surface area contributed by atoms with Crippen molar-refractivity contribution < 1.29 is 20.0 Å². The van der Waals surface area contributed by atoms with Crippen LogP contribution in [-0.4, -0.2) is 8.97 Å². The Hall–Kier alpha value is 1.07. The number of halogens is 2. The van der Waals surface area contributed by atoms with Crippen LogP contribution in [0.1, 0.15) is 41.0 Å². The normalized spacial score (nSPS) is 11.0. The molecule has 0 spiro atoms. The molecule has 1 unspecified atom stereocenters. The monoisotopic (exact) mass is 317 g/mol. The second-order valence-corrected chi connectivity index (χ2v) is 7.66. The van der Waals surface area contributed by atoms with E-state index in [0.717, 1.165) is 6.42 Å². The first-order valence-corrected chi connectivity index (χ1v) is 6.11. The minimum Gasteiger partial charge on any atom is -0.273 e. The summed E-state index contributed by atoms with van der Waals surface area (Å²) in [5.41, 5.74) is 0. The Labute approximate surface area is 128 Å². The molecule has 0 saturated heterocycles. The van der Waals surface area contributed by atoms with E-state index in [9.17, 15) is 0 Å². The summed E-state index contributed by atoms with van der Waals surface area (Å²) in [5.74, 6) is 0. The SMILES string of the molecule is CC(C)(C)P.C[C](C)=[Ti+].Cl.Cl.[C-]1=CC=CC1. The van der Waals surface area contributed by atoms with Gasteiger partial charge in [-0.05, 0) is 5.16 Å². The molecule has 0 fully saturated rings. The molecule has 0 aromatic heterocycles. The van der Waals surface area contributed by atoms with Crippen molar-refractivity contribution in [3.63, 3.8) is 0 Å². The number of allylic oxidation sites excluding steroid dienone is 4. The molecule has 0 N–H and O–H groups in total. The summed E-state index contributed by atoms with van der Waals surface area (Å²) in [7, 11) is 2.72. The fraction of sp³-hybridized carbons (Fsp3) is 0.583. The predicted molar refractivity (Wildman–Crippen MR) is 81.9 cm³/mol. The smallest absolute Gasteiger partial charge is 0.109 e. The zero-order chi connectivity index (χ0) is 11.6. The molecule has 1 aliphatic carbocycles. The maximum atomic E-state index is 2.99. The van der Waals surface area contributed by atoms with Gasteiger partial charge in [-0.1, -0.05) is 20.8 Å². The Balaban J connectivity index is -0.0000000641. The maximum absolute atomic E-state index is 2.99. The molecular weight excluding hydrogens is 294 g/mol. The molecule has 0 aromatic carbocycles. The van der Waals surface area contributed by atoms with Crippen molar-refractivity contribution >= 4 is 37.9 Å². The summed E-state index contributed by atoms with van der Waals surface area (Å²) < 4.78 is 1.42. The molecule has 0 radical (unpaired) electrons. The summed E-state index contributed by atoms with van der Waals surface area (Å²) in [5, 5.41) is 0.417. The molecule has 1 atom stereocenters. The second kappa shape index (κ2) is 16.1. The van der Waals surface area contributed by atoms with E-state index in [2.05, 4.69) is 76.0 Å². The molecule has 4 heteroatoms. The molecule has 0 heterocycles. The Morgan fingerprint density at radius 1 is 1.25 bits per heavy atom. The van der Waals surface area contributed by atoms with Gasteiger partial charge in [-0.15, -0.1) is 40.5 Å². The molecular formula is C12H24Cl2PTi. The van der Waals surface area contributed by atoms with Crippen LogP contribution < -0.4 is 0 Å². The number of rotatable bonds is 0. The Morgan fingerprint density at radius 3 is 1.62 bits per heavy atom. The van der Waals surface area contributed by atoms with Crippen LogP contribution in [-0.2, 0) is 20.0 Å². The molecule has 1 rings (SSSR count). The first-order chi connectivity index (χ1) is 6.23. The molecule has 1 aliphatic rings. The van der Waals surface area contributed by atoms with E-state index in [0.29, 0.717) is 5.16 Å². The summed E-state index contributed by atoms with van der Waals surface area (Å²) in [4.78, 5) is 0. The van der Waals surface area contributed by atoms with Crippen molar-refractivity contribution in [1.29, 1.82) is 0 Å². The fourth-order valence-corrected chi connectivity index (χ4v) is 0.340. The van der Waals surface area contributed by atoms with Gasteiger partial charge in [0, 0.05) is 0 Å². The van der Waals surface area contributed by atoms with Crippen LogP contribution in [0.25, 0.3) is 0 Å². The Bertz CT molecular complexity index is 186. The van der Waals surface area contributed by atoms with Gasteiger partial charge in [0.05, 0.1) is 0 Å². The maximum Gasteiger partial charge on any atom is -0.109 e. The second-order valence-electron chi connectivity index (χ2n) is 4.37. The van der Waals surface area contributed by atoms with Gasteiger partial charge >= 0.3 is 37.6 Å². The van der Waals surface area contributed by atoms with Gasteiger partial charge in [0.1, 0.15) is 0 Å². The van der Waals surface area contributed by atoms with Crippen molar-refractivity contribution in [3.8, 4) is 0 Å². The van der Waals surface area contributed by atoms with Gasteiger partial charge in [-0.2, -0.15) is 6.08 Å². The van der Waals surface area contributed by atoms with E-state index in [1.165, 1.54) is 3.81 Å². The van der Waals surface area contributed by atoms with Gasteiger partial charge in [-0.3, -0.25) is 6.08 Å². The summed E-state index contributed by atoms with van der Waals surface area (Å²) >= 11 is 2.08. The zero-order valence-corrected chi connectivity index (χ0v) is 15.2. The van der Waals surface area contributed by atoms with E-state index in [4.69, 9.17) is 0 Å². The van der Waals surface area contributed by atoms with Crippen LogP contribution in [0.5, 0.6) is 0 Å². The standard InChI is InChI=1S/C5H5.C4H11P.C3H6.2ClH.Ti/c1-2-4-5-3-1;1-4(2,3)5;1-3-2;;;/h1-3H,4H2;5H2,1-3H3;1-2H3;2*1H;/q-1;;;;;+1. The van der Waals surface area contributed by atoms with E-state index in [-0.39, 0.29) is 24.8 Å². The quantitative estimate of drug-likeness (QED) is 0.349.